The summed E-state index contributed by atoms with van der Waals surface area (Å²) in [5.41, 5.74) is 9.76. The third-order valence-corrected chi connectivity index (χ3v) is 6.68. The SMILES string of the molecule is CCNC(=O)N1CCC2(CCn3nc(-c4cnc(N)c(O[C@H](C)c5ccccn5)c4)cc32)C1. The molecule has 0 radical (unpaired) electrons. The van der Waals surface area contributed by atoms with Crippen LogP contribution in [0.25, 0.3) is 11.3 Å². The van der Waals surface area contributed by atoms with Crippen molar-refractivity contribution in [3.63, 3.8) is 0 Å². The zero-order valence-electron chi connectivity index (χ0n) is 19.0. The molecule has 172 valence electrons. The zero-order valence-corrected chi connectivity index (χ0v) is 19.0. The summed E-state index contributed by atoms with van der Waals surface area (Å²) in [4.78, 5) is 23.0. The number of likely N-dealkylation sites (tertiary alicyclic amines) is 1. The Balaban J connectivity index is 1.38. The molecule has 0 saturated carbocycles. The molecule has 2 atom stereocenters. The second-order valence-electron chi connectivity index (χ2n) is 8.80. The number of carbonyl (C=O) groups excluding carboxylic acids is 1. The lowest BCUT2D eigenvalue weighted by molar-refractivity contribution is 0.206. The molecule has 33 heavy (non-hydrogen) atoms. The lowest BCUT2D eigenvalue weighted by atomic mass is 9.82. The van der Waals surface area contributed by atoms with Gasteiger partial charge in [0.2, 0.25) is 0 Å². The third kappa shape index (κ3) is 3.88. The van der Waals surface area contributed by atoms with Crippen molar-refractivity contribution in [3.8, 4) is 17.0 Å². The van der Waals surface area contributed by atoms with Crippen LogP contribution in [0.2, 0.25) is 0 Å². The number of anilines is 1. The van der Waals surface area contributed by atoms with Crippen LogP contribution in [-0.2, 0) is 12.0 Å². The molecule has 1 fully saturated rings. The molecule has 1 unspecified atom stereocenters. The summed E-state index contributed by atoms with van der Waals surface area (Å²) in [6.45, 7) is 6.85. The summed E-state index contributed by atoms with van der Waals surface area (Å²) in [6.07, 6.45) is 5.16. The monoisotopic (exact) mass is 447 g/mol. The molecule has 9 heteroatoms. The van der Waals surface area contributed by atoms with Crippen molar-refractivity contribution in [1.82, 2.24) is 30.0 Å². The van der Waals surface area contributed by atoms with Crippen molar-refractivity contribution >= 4 is 11.8 Å². The summed E-state index contributed by atoms with van der Waals surface area (Å²) in [7, 11) is 0. The average Bonchev–Trinajstić information content (AvgIpc) is 3.53. The number of urea groups is 1. The van der Waals surface area contributed by atoms with Gasteiger partial charge in [-0.15, -0.1) is 0 Å². The highest BCUT2D eigenvalue weighted by Gasteiger charge is 2.46. The van der Waals surface area contributed by atoms with Gasteiger partial charge in [0.15, 0.2) is 11.6 Å². The van der Waals surface area contributed by atoms with Crippen molar-refractivity contribution < 1.29 is 9.53 Å². The number of nitrogens with one attached hydrogen (secondary N) is 1. The summed E-state index contributed by atoms with van der Waals surface area (Å²) < 4.78 is 8.17. The zero-order chi connectivity index (χ0) is 23.0. The van der Waals surface area contributed by atoms with E-state index in [0.717, 1.165) is 49.4 Å². The maximum Gasteiger partial charge on any atom is 0.317 e. The van der Waals surface area contributed by atoms with Crippen LogP contribution in [-0.4, -0.2) is 50.3 Å². The third-order valence-electron chi connectivity index (χ3n) is 6.68. The molecule has 3 N–H and O–H groups in total. The fraction of sp³-hybridized carbons (Fsp3) is 0.417. The number of ether oxygens (including phenoxy) is 1. The Morgan fingerprint density at radius 3 is 2.91 bits per heavy atom. The van der Waals surface area contributed by atoms with E-state index in [1.165, 1.54) is 5.69 Å². The molecule has 3 aromatic heterocycles. The molecule has 2 aliphatic heterocycles. The van der Waals surface area contributed by atoms with Crippen molar-refractivity contribution in [3.05, 3.63) is 54.1 Å². The number of nitrogen functional groups attached to an aromatic ring is 1. The quantitative estimate of drug-likeness (QED) is 0.622. The number of aromatic nitrogens is 4. The van der Waals surface area contributed by atoms with Crippen LogP contribution in [0, 0.1) is 0 Å². The smallest absolute Gasteiger partial charge is 0.317 e. The van der Waals surface area contributed by atoms with E-state index in [1.54, 1.807) is 12.4 Å². The highest BCUT2D eigenvalue weighted by Crippen LogP contribution is 2.44. The summed E-state index contributed by atoms with van der Waals surface area (Å²) in [6, 6.07) is 9.76. The number of nitrogens with two attached hydrogens (primary N) is 1. The first-order valence-electron chi connectivity index (χ1n) is 11.4. The Bertz CT molecular complexity index is 1160. The Hall–Kier alpha value is -3.62. The number of fused-ring (bicyclic) bond motifs is 2. The van der Waals surface area contributed by atoms with Gasteiger partial charge in [-0.3, -0.25) is 9.67 Å². The molecule has 2 amide bonds. The van der Waals surface area contributed by atoms with Gasteiger partial charge < -0.3 is 20.7 Å². The molecule has 2 aliphatic rings. The van der Waals surface area contributed by atoms with Gasteiger partial charge in [-0.05, 0) is 51.0 Å². The van der Waals surface area contributed by atoms with E-state index in [-0.39, 0.29) is 17.6 Å². The van der Waals surface area contributed by atoms with Crippen molar-refractivity contribution in [1.29, 1.82) is 0 Å². The molecule has 0 bridgehead atoms. The normalized spacial score (nSPS) is 20.1. The summed E-state index contributed by atoms with van der Waals surface area (Å²) in [5, 5.41) is 7.76. The van der Waals surface area contributed by atoms with E-state index in [4.69, 9.17) is 15.6 Å². The van der Waals surface area contributed by atoms with Crippen LogP contribution < -0.4 is 15.8 Å². The van der Waals surface area contributed by atoms with Gasteiger partial charge in [0, 0.05) is 55.2 Å². The molecular weight excluding hydrogens is 418 g/mol. The van der Waals surface area contributed by atoms with Crippen LogP contribution >= 0.6 is 0 Å². The predicted molar refractivity (Wildman–Crippen MR) is 125 cm³/mol. The molecule has 5 heterocycles. The van der Waals surface area contributed by atoms with E-state index in [1.807, 2.05) is 43.0 Å². The molecule has 5 rings (SSSR count). The first kappa shape index (κ1) is 21.2. The van der Waals surface area contributed by atoms with Gasteiger partial charge in [-0.2, -0.15) is 5.10 Å². The summed E-state index contributed by atoms with van der Waals surface area (Å²) >= 11 is 0. The van der Waals surface area contributed by atoms with Crippen LogP contribution in [0.3, 0.4) is 0 Å². The van der Waals surface area contributed by atoms with Crippen LogP contribution in [0.1, 0.15) is 44.2 Å². The van der Waals surface area contributed by atoms with Gasteiger partial charge in [0.05, 0.1) is 11.4 Å². The maximum atomic E-state index is 12.3. The Morgan fingerprint density at radius 1 is 1.27 bits per heavy atom. The van der Waals surface area contributed by atoms with E-state index >= 15 is 0 Å². The molecule has 0 aromatic carbocycles. The minimum Gasteiger partial charge on any atom is -0.481 e. The van der Waals surface area contributed by atoms with E-state index in [9.17, 15) is 4.79 Å². The van der Waals surface area contributed by atoms with Crippen molar-refractivity contribution in [2.24, 2.45) is 0 Å². The largest absolute Gasteiger partial charge is 0.481 e. The Labute approximate surface area is 193 Å². The first-order valence-corrected chi connectivity index (χ1v) is 11.4. The lowest BCUT2D eigenvalue weighted by Gasteiger charge is -2.23. The van der Waals surface area contributed by atoms with Gasteiger partial charge in [-0.1, -0.05) is 6.07 Å². The predicted octanol–water partition coefficient (Wildman–Crippen LogP) is 3.14. The minimum absolute atomic E-state index is 0.0131. The number of hydrogen-bond donors (Lipinski definition) is 2. The standard InChI is InChI=1S/C24H29N7O2/c1-3-26-23(32)30-10-7-24(15-30)8-11-31-21(24)13-19(29-31)17-12-20(22(25)28-14-17)33-16(2)18-6-4-5-9-27-18/h4-6,9,12-14,16H,3,7-8,10-11,15H2,1-2H3,(H2,25,28)(H,26,32)/t16-,24?/m1/s1. The molecular formula is C24H29N7O2. The number of hydrogen-bond acceptors (Lipinski definition) is 6. The number of aryl methyl sites for hydroxylation is 1. The highest BCUT2D eigenvalue weighted by atomic mass is 16.5. The molecule has 1 spiro atoms. The second-order valence-corrected chi connectivity index (χ2v) is 8.80. The van der Waals surface area contributed by atoms with Crippen LogP contribution in [0.5, 0.6) is 5.75 Å². The van der Waals surface area contributed by atoms with Crippen molar-refractivity contribution in [2.75, 3.05) is 25.4 Å². The molecule has 0 aliphatic carbocycles. The van der Waals surface area contributed by atoms with Crippen molar-refractivity contribution in [2.45, 2.75) is 44.8 Å². The van der Waals surface area contributed by atoms with Gasteiger partial charge in [0.25, 0.3) is 0 Å². The number of rotatable bonds is 5. The fourth-order valence-corrected chi connectivity index (χ4v) is 4.88. The van der Waals surface area contributed by atoms with E-state index < -0.39 is 0 Å². The van der Waals surface area contributed by atoms with Gasteiger partial charge in [-0.25, -0.2) is 9.78 Å². The number of carbonyl (C=O) groups is 1. The van der Waals surface area contributed by atoms with E-state index in [0.29, 0.717) is 18.1 Å². The number of pyridine rings is 2. The fourth-order valence-electron chi connectivity index (χ4n) is 4.88. The first-order chi connectivity index (χ1) is 16.0. The highest BCUT2D eigenvalue weighted by molar-refractivity contribution is 5.75. The molecule has 3 aromatic rings. The topological polar surface area (TPSA) is 111 Å². The Morgan fingerprint density at radius 2 is 2.12 bits per heavy atom. The van der Waals surface area contributed by atoms with Gasteiger partial charge >= 0.3 is 6.03 Å². The Kier molecular flexibility index (Phi) is 5.39. The molecule has 9 nitrogen and oxygen atoms in total. The maximum absolute atomic E-state index is 12.3. The average molecular weight is 448 g/mol. The number of amides is 2. The minimum atomic E-state index is -0.264. The van der Waals surface area contributed by atoms with Crippen LogP contribution in [0.4, 0.5) is 10.6 Å². The number of nitrogens with zero attached hydrogens (tertiary/aromatic N) is 5. The second kappa shape index (κ2) is 8.38. The van der Waals surface area contributed by atoms with E-state index in [2.05, 4.69) is 26.0 Å². The van der Waals surface area contributed by atoms with Crippen LogP contribution in [0.15, 0.2) is 42.7 Å². The summed E-state index contributed by atoms with van der Waals surface area (Å²) in [5.74, 6) is 0.843. The molecule has 1 saturated heterocycles. The van der Waals surface area contributed by atoms with Gasteiger partial charge in [0.1, 0.15) is 6.10 Å². The lowest BCUT2D eigenvalue weighted by Crippen LogP contribution is -2.40.